The largest absolute Gasteiger partial charge is 0.465 e. The Hall–Kier alpha value is -3.80. The predicted octanol–water partition coefficient (Wildman–Crippen LogP) is 2.22. The fourth-order valence-electron chi connectivity index (χ4n) is 4.52. The molecule has 11 heteroatoms. The summed E-state index contributed by atoms with van der Waals surface area (Å²) in [5.41, 5.74) is 1.51. The van der Waals surface area contributed by atoms with Gasteiger partial charge in [-0.1, -0.05) is 18.2 Å². The van der Waals surface area contributed by atoms with Crippen molar-refractivity contribution in [3.05, 3.63) is 65.7 Å². The highest BCUT2D eigenvalue weighted by Crippen LogP contribution is 2.23. The van der Waals surface area contributed by atoms with E-state index in [4.69, 9.17) is 19.7 Å². The van der Waals surface area contributed by atoms with Crippen LogP contribution in [-0.2, 0) is 19.1 Å². The number of rotatable bonds is 9. The van der Waals surface area contributed by atoms with Gasteiger partial charge in [-0.2, -0.15) is 5.06 Å². The Morgan fingerprint density at radius 3 is 2.29 bits per heavy atom. The number of nitrogens with zero attached hydrogens (tertiary/aromatic N) is 4. The van der Waals surface area contributed by atoms with E-state index in [0.29, 0.717) is 43.1 Å². The Labute approximate surface area is 221 Å². The predicted molar refractivity (Wildman–Crippen MR) is 140 cm³/mol. The number of anilines is 1. The molecule has 0 radical (unpaired) electrons. The summed E-state index contributed by atoms with van der Waals surface area (Å²) in [7, 11) is 1.34. The van der Waals surface area contributed by atoms with Crippen molar-refractivity contribution >= 4 is 29.5 Å². The maximum Gasteiger partial charge on any atom is 0.414 e. The summed E-state index contributed by atoms with van der Waals surface area (Å²) >= 11 is 0. The molecular formula is C27H33N5O6. The van der Waals surface area contributed by atoms with Gasteiger partial charge in [-0.05, 0) is 43.3 Å². The zero-order chi connectivity index (χ0) is 27.1. The van der Waals surface area contributed by atoms with E-state index in [1.54, 1.807) is 66.4 Å². The van der Waals surface area contributed by atoms with Crippen LogP contribution in [0.5, 0.6) is 0 Å². The van der Waals surface area contributed by atoms with E-state index in [2.05, 4.69) is 9.80 Å². The van der Waals surface area contributed by atoms with Crippen molar-refractivity contribution in [2.75, 3.05) is 64.4 Å². The van der Waals surface area contributed by atoms with Crippen molar-refractivity contribution in [3.8, 4) is 0 Å². The highest BCUT2D eigenvalue weighted by molar-refractivity contribution is 6.10. The van der Waals surface area contributed by atoms with E-state index in [1.165, 1.54) is 7.11 Å². The number of cyclic esters (lactones) is 1. The van der Waals surface area contributed by atoms with Crippen molar-refractivity contribution in [1.29, 1.82) is 5.41 Å². The third-order valence-electron chi connectivity index (χ3n) is 6.50. The van der Waals surface area contributed by atoms with Crippen LogP contribution >= 0.6 is 0 Å². The van der Waals surface area contributed by atoms with Gasteiger partial charge in [-0.3, -0.25) is 34.5 Å². The molecular weight excluding hydrogens is 490 g/mol. The molecule has 202 valence electrons. The smallest absolute Gasteiger partial charge is 0.414 e. The minimum absolute atomic E-state index is 0.114. The van der Waals surface area contributed by atoms with Crippen LogP contribution in [0.15, 0.2) is 54.6 Å². The average molecular weight is 524 g/mol. The summed E-state index contributed by atoms with van der Waals surface area (Å²) < 4.78 is 10.6. The van der Waals surface area contributed by atoms with Gasteiger partial charge >= 0.3 is 12.1 Å². The fourth-order valence-corrected chi connectivity index (χ4v) is 4.52. The van der Waals surface area contributed by atoms with Gasteiger partial charge in [-0.25, -0.2) is 4.79 Å². The van der Waals surface area contributed by atoms with Gasteiger partial charge in [-0.15, -0.1) is 0 Å². The second-order valence-electron chi connectivity index (χ2n) is 9.04. The summed E-state index contributed by atoms with van der Waals surface area (Å²) in [5, 5.41) is 9.40. The van der Waals surface area contributed by atoms with Crippen molar-refractivity contribution in [3.63, 3.8) is 0 Å². The quantitative estimate of drug-likeness (QED) is 0.230. The van der Waals surface area contributed by atoms with Gasteiger partial charge in [0.05, 0.1) is 26.8 Å². The van der Waals surface area contributed by atoms with Crippen LogP contribution in [0, 0.1) is 5.41 Å². The van der Waals surface area contributed by atoms with Crippen LogP contribution in [-0.4, -0.2) is 104 Å². The van der Waals surface area contributed by atoms with Gasteiger partial charge in [0.15, 0.2) is 5.84 Å². The summed E-state index contributed by atoms with van der Waals surface area (Å²) in [6.07, 6.45) is -0.693. The molecule has 2 aliphatic rings. The number of hydrogen-bond donors (Lipinski definition) is 1. The van der Waals surface area contributed by atoms with Crippen molar-refractivity contribution in [2.24, 2.45) is 0 Å². The molecule has 0 aromatic heterocycles. The Bertz CT molecular complexity index is 1130. The number of hydrogen-bond acceptors (Lipinski definition) is 9. The minimum Gasteiger partial charge on any atom is -0.465 e. The lowest BCUT2D eigenvalue weighted by Gasteiger charge is -2.34. The van der Waals surface area contributed by atoms with Gasteiger partial charge in [0.2, 0.25) is 0 Å². The standard InChI is InChI=1S/C27H33N5O6/c1-3-37-24(33)19-30-15-13-29(14-16-30)17-23-18-31(27(35)38-23)22-11-9-20(10-12-22)25(28)32(36-2)26(34)21-7-5-4-6-8-21/h4-12,23,28H,3,13-19H2,1-2H3/t23-/m1/s1. The van der Waals surface area contributed by atoms with Crippen LogP contribution < -0.4 is 4.90 Å². The zero-order valence-corrected chi connectivity index (χ0v) is 21.7. The number of carbonyl (C=O) groups is 3. The van der Waals surface area contributed by atoms with Crippen molar-refractivity contribution in [2.45, 2.75) is 13.0 Å². The summed E-state index contributed by atoms with van der Waals surface area (Å²) in [5.74, 6) is -0.771. The second kappa shape index (κ2) is 12.6. The first-order valence-corrected chi connectivity index (χ1v) is 12.6. The molecule has 2 aliphatic heterocycles. The molecule has 0 aliphatic carbocycles. The number of esters is 1. The molecule has 2 amide bonds. The Morgan fingerprint density at radius 2 is 1.66 bits per heavy atom. The molecule has 1 N–H and O–H groups in total. The van der Waals surface area contributed by atoms with Crippen LogP contribution in [0.2, 0.25) is 0 Å². The molecule has 2 aromatic rings. The Morgan fingerprint density at radius 1 is 1.00 bits per heavy atom. The number of amidine groups is 1. The van der Waals surface area contributed by atoms with Crippen LogP contribution in [0.4, 0.5) is 10.5 Å². The zero-order valence-electron chi connectivity index (χ0n) is 21.7. The molecule has 2 heterocycles. The molecule has 0 unspecified atom stereocenters. The maximum absolute atomic E-state index is 12.8. The fraction of sp³-hybridized carbons (Fsp3) is 0.407. The molecule has 2 fully saturated rings. The summed E-state index contributed by atoms with van der Waals surface area (Å²) in [6, 6.07) is 15.4. The molecule has 11 nitrogen and oxygen atoms in total. The van der Waals surface area contributed by atoms with Crippen molar-refractivity contribution in [1.82, 2.24) is 14.9 Å². The lowest BCUT2D eigenvalue weighted by molar-refractivity contribution is -0.144. The number of carbonyl (C=O) groups excluding carboxylic acids is 3. The van der Waals surface area contributed by atoms with Crippen LogP contribution in [0.3, 0.4) is 0 Å². The van der Waals surface area contributed by atoms with E-state index >= 15 is 0 Å². The number of nitrogens with one attached hydrogen (secondary N) is 1. The molecule has 4 rings (SSSR count). The highest BCUT2D eigenvalue weighted by atomic mass is 16.7. The number of hydroxylamine groups is 2. The number of ether oxygens (including phenoxy) is 2. The highest BCUT2D eigenvalue weighted by Gasteiger charge is 2.34. The maximum atomic E-state index is 12.8. The Kier molecular flexibility index (Phi) is 9.06. The van der Waals surface area contributed by atoms with Crippen LogP contribution in [0.25, 0.3) is 0 Å². The number of benzene rings is 2. The Balaban J connectivity index is 1.31. The monoisotopic (exact) mass is 523 g/mol. The number of piperazine rings is 1. The lowest BCUT2D eigenvalue weighted by atomic mass is 10.1. The topological polar surface area (TPSA) is 116 Å². The third-order valence-corrected chi connectivity index (χ3v) is 6.50. The lowest BCUT2D eigenvalue weighted by Crippen LogP contribution is -2.50. The average Bonchev–Trinajstić information content (AvgIpc) is 3.30. The van der Waals surface area contributed by atoms with E-state index in [1.807, 2.05) is 0 Å². The minimum atomic E-state index is -0.449. The normalized spacial score (nSPS) is 18.2. The van der Waals surface area contributed by atoms with E-state index in [0.717, 1.165) is 31.2 Å². The van der Waals surface area contributed by atoms with E-state index in [9.17, 15) is 14.4 Å². The van der Waals surface area contributed by atoms with Gasteiger partial charge in [0.25, 0.3) is 5.91 Å². The number of amides is 2. The van der Waals surface area contributed by atoms with Gasteiger partial charge < -0.3 is 9.47 Å². The van der Waals surface area contributed by atoms with E-state index in [-0.39, 0.29) is 17.9 Å². The molecule has 1 atom stereocenters. The van der Waals surface area contributed by atoms with Crippen molar-refractivity contribution < 1.29 is 28.7 Å². The molecule has 2 aromatic carbocycles. The first-order valence-electron chi connectivity index (χ1n) is 12.6. The third kappa shape index (κ3) is 6.55. The SMILES string of the molecule is CCOC(=O)CN1CCN(C[C@@H]2CN(c3ccc(C(=N)N(OC)C(=O)c4ccccc4)cc3)C(=O)O2)CC1. The van der Waals surface area contributed by atoms with Gasteiger partial charge in [0.1, 0.15) is 6.10 Å². The summed E-state index contributed by atoms with van der Waals surface area (Å²) in [6.45, 7) is 6.56. The molecule has 0 bridgehead atoms. The molecule has 0 saturated carbocycles. The van der Waals surface area contributed by atoms with E-state index < -0.39 is 12.0 Å². The first-order chi connectivity index (χ1) is 18.4. The summed E-state index contributed by atoms with van der Waals surface area (Å²) in [4.78, 5) is 48.1. The molecule has 0 spiro atoms. The van der Waals surface area contributed by atoms with Gasteiger partial charge in [0, 0.05) is 49.5 Å². The molecule has 2 saturated heterocycles. The first kappa shape index (κ1) is 27.2. The molecule has 38 heavy (non-hydrogen) atoms. The second-order valence-corrected chi connectivity index (χ2v) is 9.04. The van der Waals surface area contributed by atoms with Crippen LogP contribution in [0.1, 0.15) is 22.8 Å².